The van der Waals surface area contributed by atoms with Gasteiger partial charge in [-0.1, -0.05) is 13.0 Å². The lowest BCUT2D eigenvalue weighted by Gasteiger charge is -2.14. The molecule has 0 aliphatic heterocycles. The van der Waals surface area contributed by atoms with Crippen LogP contribution in [-0.4, -0.2) is 39.4 Å². The van der Waals surface area contributed by atoms with Crippen molar-refractivity contribution in [3.63, 3.8) is 0 Å². The summed E-state index contributed by atoms with van der Waals surface area (Å²) in [5.41, 5.74) is 3.50. The highest BCUT2D eigenvalue weighted by molar-refractivity contribution is 7.90. The van der Waals surface area contributed by atoms with E-state index in [0.29, 0.717) is 17.0 Å². The highest BCUT2D eigenvalue weighted by Crippen LogP contribution is 2.34. The van der Waals surface area contributed by atoms with E-state index < -0.39 is 9.84 Å². The number of H-pyrrole nitrogens is 1. The van der Waals surface area contributed by atoms with Crippen LogP contribution in [0, 0.1) is 6.92 Å². The Balaban J connectivity index is 1.81. The zero-order chi connectivity index (χ0) is 21.3. The van der Waals surface area contributed by atoms with Crippen LogP contribution in [0.1, 0.15) is 35.6 Å². The van der Waals surface area contributed by atoms with Gasteiger partial charge in [0.15, 0.2) is 9.84 Å². The van der Waals surface area contributed by atoms with Crippen molar-refractivity contribution in [1.82, 2.24) is 24.7 Å². The SMILES string of the molecule is CCCc1nccn1-c1cc(-c2sc(Cc3ccn[nH]3)nc2C)ccc1S(C)(=O)=O. The van der Waals surface area contributed by atoms with E-state index in [-0.39, 0.29) is 0 Å². The first kappa shape index (κ1) is 20.5. The van der Waals surface area contributed by atoms with Gasteiger partial charge in [0.05, 0.1) is 26.2 Å². The molecule has 9 heteroatoms. The van der Waals surface area contributed by atoms with Gasteiger partial charge in [-0.25, -0.2) is 18.4 Å². The van der Waals surface area contributed by atoms with Gasteiger partial charge in [0.1, 0.15) is 5.82 Å². The molecular formula is C21H23N5O2S2. The molecule has 0 saturated carbocycles. The number of aryl methyl sites for hydroxylation is 2. The van der Waals surface area contributed by atoms with Gasteiger partial charge in [-0.2, -0.15) is 5.10 Å². The Bertz CT molecular complexity index is 1270. The van der Waals surface area contributed by atoms with Crippen LogP contribution in [0.2, 0.25) is 0 Å². The topological polar surface area (TPSA) is 93.5 Å². The van der Waals surface area contributed by atoms with E-state index in [1.54, 1.807) is 29.8 Å². The third-order valence-corrected chi connectivity index (χ3v) is 7.16. The molecule has 3 heterocycles. The average Bonchev–Trinajstić information content (AvgIpc) is 3.43. The number of benzene rings is 1. The second-order valence-electron chi connectivity index (χ2n) is 7.20. The monoisotopic (exact) mass is 441 g/mol. The summed E-state index contributed by atoms with van der Waals surface area (Å²) in [6, 6.07) is 7.40. The minimum Gasteiger partial charge on any atom is -0.302 e. The number of aromatic nitrogens is 5. The first-order chi connectivity index (χ1) is 14.4. The Hall–Kier alpha value is -2.78. The standard InChI is InChI=1S/C21H23N5O2S2/c1-4-5-19-22-10-11-26(19)17-12-15(6-7-18(17)30(3,27)28)21-14(2)24-20(29-21)13-16-8-9-23-25-16/h6-12H,4-5,13H2,1-3H3,(H,23,25). The first-order valence-electron chi connectivity index (χ1n) is 9.68. The fourth-order valence-corrected chi connectivity index (χ4v) is 5.40. The van der Waals surface area contributed by atoms with E-state index in [4.69, 9.17) is 4.98 Å². The lowest BCUT2D eigenvalue weighted by Crippen LogP contribution is -2.08. The molecule has 0 bridgehead atoms. The van der Waals surface area contributed by atoms with Gasteiger partial charge in [-0.3, -0.25) is 5.10 Å². The Labute approximate surface area is 179 Å². The molecule has 0 unspecified atom stereocenters. The van der Waals surface area contributed by atoms with Gasteiger partial charge in [0.2, 0.25) is 0 Å². The summed E-state index contributed by atoms with van der Waals surface area (Å²) in [4.78, 5) is 10.4. The summed E-state index contributed by atoms with van der Waals surface area (Å²) in [6.45, 7) is 4.06. The van der Waals surface area contributed by atoms with E-state index in [0.717, 1.165) is 45.5 Å². The third-order valence-electron chi connectivity index (χ3n) is 4.81. The van der Waals surface area contributed by atoms with E-state index >= 15 is 0 Å². The number of aromatic amines is 1. The van der Waals surface area contributed by atoms with E-state index in [1.165, 1.54) is 6.26 Å². The van der Waals surface area contributed by atoms with E-state index in [2.05, 4.69) is 22.1 Å². The van der Waals surface area contributed by atoms with Crippen LogP contribution in [0.4, 0.5) is 0 Å². The van der Waals surface area contributed by atoms with Crippen molar-refractivity contribution in [2.24, 2.45) is 0 Å². The highest BCUT2D eigenvalue weighted by atomic mass is 32.2. The van der Waals surface area contributed by atoms with E-state index in [1.807, 2.05) is 35.9 Å². The minimum atomic E-state index is -3.40. The molecule has 156 valence electrons. The number of thiazole rings is 1. The predicted molar refractivity (Wildman–Crippen MR) is 118 cm³/mol. The summed E-state index contributed by atoms with van der Waals surface area (Å²) in [5, 5.41) is 7.93. The Kier molecular flexibility index (Phi) is 5.57. The number of nitrogens with zero attached hydrogens (tertiary/aromatic N) is 4. The van der Waals surface area contributed by atoms with Crippen LogP contribution in [0.15, 0.2) is 47.8 Å². The van der Waals surface area contributed by atoms with Crippen LogP contribution in [0.5, 0.6) is 0 Å². The highest BCUT2D eigenvalue weighted by Gasteiger charge is 2.19. The summed E-state index contributed by atoms with van der Waals surface area (Å²) in [5.74, 6) is 0.848. The zero-order valence-corrected chi connectivity index (χ0v) is 18.7. The molecule has 4 aromatic rings. The van der Waals surface area contributed by atoms with Crippen LogP contribution >= 0.6 is 11.3 Å². The molecule has 0 aliphatic carbocycles. The number of hydrogen-bond acceptors (Lipinski definition) is 6. The summed E-state index contributed by atoms with van der Waals surface area (Å²) in [7, 11) is -3.40. The van der Waals surface area contributed by atoms with Crippen molar-refractivity contribution in [2.75, 3.05) is 6.26 Å². The van der Waals surface area contributed by atoms with Crippen LogP contribution < -0.4 is 0 Å². The summed E-state index contributed by atoms with van der Waals surface area (Å²) in [6.07, 6.45) is 8.88. The first-order valence-corrected chi connectivity index (χ1v) is 12.4. The molecular weight excluding hydrogens is 418 g/mol. The number of rotatable bonds is 7. The maximum absolute atomic E-state index is 12.5. The minimum absolute atomic E-state index is 0.293. The van der Waals surface area contributed by atoms with Crippen LogP contribution in [0.25, 0.3) is 16.1 Å². The lowest BCUT2D eigenvalue weighted by molar-refractivity contribution is 0.601. The second-order valence-corrected chi connectivity index (χ2v) is 10.3. The van der Waals surface area contributed by atoms with Gasteiger partial charge < -0.3 is 4.57 Å². The maximum Gasteiger partial charge on any atom is 0.177 e. The van der Waals surface area contributed by atoms with Gasteiger partial charge in [-0.05, 0) is 37.1 Å². The van der Waals surface area contributed by atoms with Crippen molar-refractivity contribution in [3.05, 3.63) is 65.1 Å². The van der Waals surface area contributed by atoms with Crippen molar-refractivity contribution in [2.45, 2.75) is 38.0 Å². The van der Waals surface area contributed by atoms with Crippen LogP contribution in [0.3, 0.4) is 0 Å². The molecule has 30 heavy (non-hydrogen) atoms. The molecule has 0 atom stereocenters. The predicted octanol–water partition coefficient (Wildman–Crippen LogP) is 3.97. The molecule has 0 saturated heterocycles. The van der Waals surface area contributed by atoms with Gasteiger partial charge >= 0.3 is 0 Å². The summed E-state index contributed by atoms with van der Waals surface area (Å²) < 4.78 is 26.8. The van der Waals surface area contributed by atoms with Crippen LogP contribution in [-0.2, 0) is 22.7 Å². The molecule has 4 rings (SSSR count). The normalized spacial score (nSPS) is 11.8. The molecule has 3 aromatic heterocycles. The number of nitrogens with one attached hydrogen (secondary N) is 1. The average molecular weight is 442 g/mol. The lowest BCUT2D eigenvalue weighted by atomic mass is 10.1. The fraction of sp³-hybridized carbons (Fsp3) is 0.286. The molecule has 7 nitrogen and oxygen atoms in total. The third kappa shape index (κ3) is 4.08. The van der Waals surface area contributed by atoms with Gasteiger partial charge in [0.25, 0.3) is 0 Å². The number of sulfone groups is 1. The molecule has 0 spiro atoms. The van der Waals surface area contributed by atoms with Crippen molar-refractivity contribution in [1.29, 1.82) is 0 Å². The zero-order valence-electron chi connectivity index (χ0n) is 17.1. The van der Waals surface area contributed by atoms with Gasteiger partial charge in [0, 0.05) is 43.4 Å². The molecule has 0 amide bonds. The molecule has 0 aliphatic rings. The molecule has 0 fully saturated rings. The van der Waals surface area contributed by atoms with Gasteiger partial charge in [-0.15, -0.1) is 11.3 Å². The van der Waals surface area contributed by atoms with Crippen molar-refractivity contribution < 1.29 is 8.42 Å². The Morgan fingerprint density at radius 2 is 2.03 bits per heavy atom. The Morgan fingerprint density at radius 1 is 1.20 bits per heavy atom. The van der Waals surface area contributed by atoms with Crippen molar-refractivity contribution >= 4 is 21.2 Å². The smallest absolute Gasteiger partial charge is 0.177 e. The maximum atomic E-state index is 12.5. The quantitative estimate of drug-likeness (QED) is 0.468. The molecule has 1 aromatic carbocycles. The number of imidazole rings is 1. The largest absolute Gasteiger partial charge is 0.302 e. The summed E-state index contributed by atoms with van der Waals surface area (Å²) >= 11 is 1.61. The Morgan fingerprint density at radius 3 is 2.73 bits per heavy atom. The van der Waals surface area contributed by atoms with E-state index in [9.17, 15) is 8.42 Å². The fourth-order valence-electron chi connectivity index (χ4n) is 3.46. The molecule has 1 N–H and O–H groups in total. The van der Waals surface area contributed by atoms with Crippen molar-refractivity contribution in [3.8, 4) is 16.1 Å². The second kappa shape index (κ2) is 8.16. The number of hydrogen-bond donors (Lipinski definition) is 1. The molecule has 0 radical (unpaired) electrons.